The van der Waals surface area contributed by atoms with Crippen molar-refractivity contribution in [3.63, 3.8) is 0 Å². The van der Waals surface area contributed by atoms with Crippen LogP contribution < -0.4 is 25.2 Å². The summed E-state index contributed by atoms with van der Waals surface area (Å²) in [7, 11) is 1.25. The molecule has 2 fully saturated rings. The van der Waals surface area contributed by atoms with Gasteiger partial charge in [0.15, 0.2) is 0 Å². The summed E-state index contributed by atoms with van der Waals surface area (Å²) in [5, 5.41) is 2.56. The van der Waals surface area contributed by atoms with Crippen molar-refractivity contribution in [3.8, 4) is 11.5 Å². The fourth-order valence-corrected chi connectivity index (χ4v) is 5.91. The summed E-state index contributed by atoms with van der Waals surface area (Å²) in [5.41, 5.74) is -0.230. The Hall–Kier alpha value is -4.42. The van der Waals surface area contributed by atoms with Gasteiger partial charge < -0.3 is 24.3 Å². The van der Waals surface area contributed by atoms with Gasteiger partial charge in [-0.15, -0.1) is 13.2 Å². The number of carbonyl (C=O) groups excluding carboxylic acids is 2. The van der Waals surface area contributed by atoms with Crippen molar-refractivity contribution < 1.29 is 41.0 Å². The summed E-state index contributed by atoms with van der Waals surface area (Å²) in [5.74, 6) is -5.36. The van der Waals surface area contributed by atoms with E-state index >= 15 is 8.78 Å². The summed E-state index contributed by atoms with van der Waals surface area (Å²) in [6, 6.07) is 7.84. The number of alkyl halides is 3. The number of amides is 2. The number of aromatic nitrogens is 1. The third kappa shape index (κ3) is 6.97. The zero-order valence-corrected chi connectivity index (χ0v) is 24.8. The highest BCUT2D eigenvalue weighted by Crippen LogP contribution is 2.40. The highest BCUT2D eigenvalue weighted by atomic mass is 19.4. The van der Waals surface area contributed by atoms with Crippen molar-refractivity contribution in [2.45, 2.75) is 45.5 Å². The Labute approximate surface area is 255 Å². The highest BCUT2D eigenvalue weighted by molar-refractivity contribution is 6.00. The Morgan fingerprint density at radius 2 is 1.69 bits per heavy atom. The summed E-state index contributed by atoms with van der Waals surface area (Å²) >= 11 is 0. The molecule has 1 aliphatic heterocycles. The van der Waals surface area contributed by atoms with E-state index in [1.165, 1.54) is 12.0 Å². The normalized spacial score (nSPS) is 19.0. The van der Waals surface area contributed by atoms with Crippen molar-refractivity contribution >= 4 is 17.5 Å². The van der Waals surface area contributed by atoms with Crippen LogP contribution in [0.5, 0.6) is 11.5 Å². The van der Waals surface area contributed by atoms with Crippen molar-refractivity contribution in [2.75, 3.05) is 25.1 Å². The second kappa shape index (κ2) is 12.5. The van der Waals surface area contributed by atoms with Gasteiger partial charge in [-0.3, -0.25) is 14.4 Å². The molecule has 8 nitrogen and oxygen atoms in total. The standard InChI is InChI=1S/C32H32F5N3O5/c1-17-10-11-39(15-18(2)19-4-5-19)31(43)28(17)40-16-24(27-25(33)12-22(44-3)13-26(27)34)23(30(40)42)14-38-29(41)20-6-8-21(9-7-20)45-32(35,36)37/h6-13,18-19,23-24H,4-5,14-16H2,1-3H3,(H,38,41)/t18?,23?,24-/m1/s1. The maximum atomic E-state index is 15.4. The second-order valence-electron chi connectivity index (χ2n) is 11.6. The Bertz CT molecular complexity index is 1630. The van der Waals surface area contributed by atoms with Crippen molar-refractivity contribution in [2.24, 2.45) is 17.8 Å². The number of carbonyl (C=O) groups is 2. The predicted molar refractivity (Wildman–Crippen MR) is 154 cm³/mol. The Kier molecular flexibility index (Phi) is 8.90. The SMILES string of the molecule is COc1cc(F)c([C@@H]2CN(c3c(C)ccn(CC(C)C4CC4)c3=O)C(=O)C2CNC(=O)c2ccc(OC(F)(F)F)cc2)c(F)c1. The first-order valence-electron chi connectivity index (χ1n) is 14.5. The van der Waals surface area contributed by atoms with Gasteiger partial charge >= 0.3 is 6.36 Å². The lowest BCUT2D eigenvalue weighted by molar-refractivity contribution is -0.274. The van der Waals surface area contributed by atoms with E-state index in [2.05, 4.69) is 17.0 Å². The molecule has 0 radical (unpaired) electrons. The molecule has 1 aromatic heterocycles. The van der Waals surface area contributed by atoms with Crippen molar-refractivity contribution in [1.29, 1.82) is 0 Å². The molecular weight excluding hydrogens is 601 g/mol. The van der Waals surface area contributed by atoms with Crippen LogP contribution in [0.1, 0.15) is 47.2 Å². The number of benzene rings is 2. The van der Waals surface area contributed by atoms with E-state index in [1.54, 1.807) is 23.8 Å². The number of nitrogens with zero attached hydrogens (tertiary/aromatic N) is 2. The molecule has 0 spiro atoms. The monoisotopic (exact) mass is 633 g/mol. The van der Waals surface area contributed by atoms with Gasteiger partial charge in [0.2, 0.25) is 5.91 Å². The van der Waals surface area contributed by atoms with Crippen LogP contribution in [0.2, 0.25) is 0 Å². The molecule has 45 heavy (non-hydrogen) atoms. The maximum absolute atomic E-state index is 15.4. The van der Waals surface area contributed by atoms with Crippen LogP contribution >= 0.6 is 0 Å². The first kappa shape index (κ1) is 32.0. The number of hydrogen-bond acceptors (Lipinski definition) is 5. The zero-order chi connectivity index (χ0) is 32.6. The molecule has 1 saturated heterocycles. The molecule has 2 heterocycles. The van der Waals surface area contributed by atoms with Crippen LogP contribution in [0, 0.1) is 36.3 Å². The Morgan fingerprint density at radius 1 is 1.04 bits per heavy atom. The minimum absolute atomic E-state index is 0.0308. The number of halogens is 5. The molecule has 2 aliphatic rings. The molecule has 3 aromatic rings. The topological polar surface area (TPSA) is 89.9 Å². The summed E-state index contributed by atoms with van der Waals surface area (Å²) in [6.07, 6.45) is -1.05. The van der Waals surface area contributed by atoms with Crippen LogP contribution in [0.25, 0.3) is 0 Å². The molecule has 1 N–H and O–H groups in total. The van der Waals surface area contributed by atoms with Crippen LogP contribution in [-0.2, 0) is 11.3 Å². The van der Waals surface area contributed by atoms with E-state index < -0.39 is 58.5 Å². The summed E-state index contributed by atoms with van der Waals surface area (Å²) < 4.78 is 78.5. The number of hydrogen-bond donors (Lipinski definition) is 1. The van der Waals surface area contributed by atoms with E-state index in [9.17, 15) is 27.6 Å². The van der Waals surface area contributed by atoms with Crippen molar-refractivity contribution in [3.05, 3.63) is 87.3 Å². The maximum Gasteiger partial charge on any atom is 0.573 e. The van der Waals surface area contributed by atoms with Gasteiger partial charge in [0, 0.05) is 55.0 Å². The average molecular weight is 634 g/mol. The van der Waals surface area contributed by atoms with Gasteiger partial charge in [-0.05, 0) is 67.5 Å². The van der Waals surface area contributed by atoms with E-state index in [0.717, 1.165) is 49.2 Å². The number of methoxy groups -OCH3 is 1. The van der Waals surface area contributed by atoms with Crippen LogP contribution in [0.4, 0.5) is 27.6 Å². The molecule has 2 aromatic carbocycles. The molecule has 0 bridgehead atoms. The van der Waals surface area contributed by atoms with E-state index in [0.29, 0.717) is 18.0 Å². The first-order valence-corrected chi connectivity index (χ1v) is 14.5. The number of nitrogens with one attached hydrogen (secondary N) is 1. The molecule has 5 rings (SSSR count). The molecule has 2 amide bonds. The van der Waals surface area contributed by atoms with Gasteiger partial charge in [-0.25, -0.2) is 8.78 Å². The Balaban J connectivity index is 1.45. The highest BCUT2D eigenvalue weighted by Gasteiger charge is 2.45. The zero-order valence-electron chi connectivity index (χ0n) is 24.8. The van der Waals surface area contributed by atoms with Gasteiger partial charge in [0.05, 0.1) is 13.0 Å². The van der Waals surface area contributed by atoms with Crippen LogP contribution in [0.15, 0.2) is 53.5 Å². The predicted octanol–water partition coefficient (Wildman–Crippen LogP) is 5.56. The van der Waals surface area contributed by atoms with E-state index in [1.807, 2.05) is 0 Å². The number of ether oxygens (including phenoxy) is 2. The minimum Gasteiger partial charge on any atom is -0.497 e. The molecule has 240 valence electrons. The molecular formula is C32H32F5N3O5. The van der Waals surface area contributed by atoms with Gasteiger partial charge in [0.25, 0.3) is 11.5 Å². The average Bonchev–Trinajstić information content (AvgIpc) is 3.78. The fraction of sp³-hybridized carbons (Fsp3) is 0.406. The molecule has 3 atom stereocenters. The van der Waals surface area contributed by atoms with Crippen LogP contribution in [-0.4, -0.2) is 42.9 Å². The number of pyridine rings is 1. The first-order chi connectivity index (χ1) is 21.3. The lowest BCUT2D eigenvalue weighted by Gasteiger charge is -2.21. The molecule has 1 aliphatic carbocycles. The Morgan fingerprint density at radius 3 is 2.27 bits per heavy atom. The molecule has 2 unspecified atom stereocenters. The third-order valence-electron chi connectivity index (χ3n) is 8.46. The number of rotatable bonds is 10. The second-order valence-corrected chi connectivity index (χ2v) is 11.6. The molecule has 1 saturated carbocycles. The lowest BCUT2D eigenvalue weighted by Crippen LogP contribution is -2.38. The summed E-state index contributed by atoms with van der Waals surface area (Å²) in [6.45, 7) is 3.58. The quantitative estimate of drug-likeness (QED) is 0.295. The number of aryl methyl sites for hydroxylation is 1. The van der Waals surface area contributed by atoms with Gasteiger partial charge in [-0.1, -0.05) is 6.92 Å². The number of anilines is 1. The summed E-state index contributed by atoms with van der Waals surface area (Å²) in [4.78, 5) is 41.8. The molecule has 13 heteroatoms. The largest absolute Gasteiger partial charge is 0.573 e. The van der Waals surface area contributed by atoms with Gasteiger partial charge in [-0.2, -0.15) is 0 Å². The lowest BCUT2D eigenvalue weighted by atomic mass is 9.87. The smallest absolute Gasteiger partial charge is 0.497 e. The fourth-order valence-electron chi connectivity index (χ4n) is 5.91. The van der Waals surface area contributed by atoms with Crippen molar-refractivity contribution in [1.82, 2.24) is 9.88 Å². The van der Waals surface area contributed by atoms with Gasteiger partial charge in [0.1, 0.15) is 28.8 Å². The third-order valence-corrected chi connectivity index (χ3v) is 8.46. The van der Waals surface area contributed by atoms with E-state index in [4.69, 9.17) is 4.74 Å². The van der Waals surface area contributed by atoms with Crippen LogP contribution in [0.3, 0.4) is 0 Å². The van der Waals surface area contributed by atoms with E-state index in [-0.39, 0.29) is 36.0 Å². The minimum atomic E-state index is -4.91.